The van der Waals surface area contributed by atoms with Crippen molar-refractivity contribution in [3.8, 4) is 11.5 Å². The van der Waals surface area contributed by atoms with E-state index < -0.39 is 17.1 Å². The number of anilines is 1. The van der Waals surface area contributed by atoms with Gasteiger partial charge in [0.1, 0.15) is 24.7 Å². The second-order valence-electron chi connectivity index (χ2n) is 6.96. The Hall–Kier alpha value is -2.87. The number of benzene rings is 3. The van der Waals surface area contributed by atoms with Crippen LogP contribution in [0.5, 0.6) is 11.5 Å². The molecule has 0 radical (unpaired) electrons. The minimum atomic E-state index is -4.43. The normalized spacial score (nSPS) is 16.7. The Labute approximate surface area is 177 Å². The second kappa shape index (κ2) is 8.10. The van der Waals surface area contributed by atoms with Crippen LogP contribution in [-0.2, 0) is 11.0 Å². The molecule has 3 aromatic carbocycles. The highest BCUT2D eigenvalue weighted by molar-refractivity contribution is 8.00. The summed E-state index contributed by atoms with van der Waals surface area (Å²) in [5.41, 5.74) is 1.47. The molecular weight excluding hydrogens is 410 g/mol. The van der Waals surface area contributed by atoms with Crippen molar-refractivity contribution in [3.05, 3.63) is 83.9 Å². The highest BCUT2D eigenvalue weighted by Gasteiger charge is 2.36. The van der Waals surface area contributed by atoms with Crippen LogP contribution in [0.25, 0.3) is 0 Å². The van der Waals surface area contributed by atoms with Gasteiger partial charge in [-0.05, 0) is 54.1 Å². The summed E-state index contributed by atoms with van der Waals surface area (Å²) >= 11 is 1.31. The second-order valence-corrected chi connectivity index (χ2v) is 8.03. The van der Waals surface area contributed by atoms with Gasteiger partial charge in [0.2, 0.25) is 5.91 Å². The Morgan fingerprint density at radius 3 is 2.23 bits per heavy atom. The van der Waals surface area contributed by atoms with Crippen LogP contribution in [0.4, 0.5) is 18.9 Å². The van der Waals surface area contributed by atoms with Crippen LogP contribution in [0.3, 0.4) is 0 Å². The molecule has 152 valence electrons. The van der Waals surface area contributed by atoms with Gasteiger partial charge in [-0.25, -0.2) is 0 Å². The van der Waals surface area contributed by atoms with Crippen molar-refractivity contribution in [2.45, 2.75) is 11.6 Å². The average Bonchev–Trinajstić information content (AvgIpc) is 3.11. The zero-order chi connectivity index (χ0) is 21.3. The monoisotopic (exact) mass is 427 g/mol. The third kappa shape index (κ3) is 4.33. The van der Waals surface area contributed by atoms with Crippen molar-refractivity contribution in [1.82, 2.24) is 0 Å². The summed E-state index contributed by atoms with van der Waals surface area (Å²) in [6.07, 6.45) is -4.43. The molecule has 1 fully saturated rings. The number of hydrogen-bond acceptors (Lipinski definition) is 3. The minimum Gasteiger partial charge on any atom is -0.457 e. The predicted octanol–water partition coefficient (Wildman–Crippen LogP) is 4.53. The molecule has 3 nitrogen and oxygen atoms in total. The number of hydrogen-bond donors (Lipinski definition) is 0. The van der Waals surface area contributed by atoms with Gasteiger partial charge in [0.25, 0.3) is 0 Å². The van der Waals surface area contributed by atoms with E-state index >= 15 is 0 Å². The maximum atomic E-state index is 13.1. The molecule has 0 spiro atoms. The summed E-state index contributed by atoms with van der Waals surface area (Å²) < 4.78 is 45.1. The number of ether oxygens (including phenoxy) is 1. The van der Waals surface area contributed by atoms with E-state index in [1.165, 1.54) is 22.7 Å². The van der Waals surface area contributed by atoms with E-state index in [9.17, 15) is 18.0 Å². The Morgan fingerprint density at radius 2 is 1.60 bits per heavy atom. The summed E-state index contributed by atoms with van der Waals surface area (Å²) in [5, 5.41) is -0.510. The van der Waals surface area contributed by atoms with Crippen LogP contribution in [0.15, 0.2) is 72.8 Å². The summed E-state index contributed by atoms with van der Waals surface area (Å²) in [6.45, 7) is 0. The van der Waals surface area contributed by atoms with Crippen molar-refractivity contribution in [1.29, 1.82) is 0 Å². The van der Waals surface area contributed by atoms with Crippen molar-refractivity contribution < 1.29 is 22.7 Å². The van der Waals surface area contributed by atoms with Gasteiger partial charge in [0, 0.05) is 5.69 Å². The van der Waals surface area contributed by atoms with Crippen molar-refractivity contribution in [3.63, 3.8) is 0 Å². The molecule has 8 heteroatoms. The number of carbonyl (C=O) groups is 1. The van der Waals surface area contributed by atoms with Crippen LogP contribution in [0, 0.1) is 0 Å². The molecule has 1 saturated heterocycles. The van der Waals surface area contributed by atoms with Crippen LogP contribution < -0.4 is 15.1 Å². The van der Waals surface area contributed by atoms with E-state index in [0.29, 0.717) is 22.7 Å². The Bertz CT molecular complexity index is 1060. The van der Waals surface area contributed by atoms with E-state index in [1.807, 2.05) is 32.1 Å². The topological polar surface area (TPSA) is 29.5 Å². The van der Waals surface area contributed by atoms with E-state index in [0.717, 1.165) is 17.6 Å². The Morgan fingerprint density at radius 1 is 0.967 bits per heavy atom. The zero-order valence-corrected chi connectivity index (χ0v) is 16.8. The lowest BCUT2D eigenvalue weighted by Crippen LogP contribution is -2.27. The first-order chi connectivity index (χ1) is 14.3. The molecule has 1 amide bonds. The smallest absolute Gasteiger partial charge is 0.416 e. The van der Waals surface area contributed by atoms with Crippen LogP contribution in [0.1, 0.15) is 16.5 Å². The zero-order valence-electron chi connectivity index (χ0n) is 16.0. The molecule has 3 aromatic rings. The molecule has 1 aliphatic heterocycles. The summed E-state index contributed by atoms with van der Waals surface area (Å²) in [4.78, 5) is 14.0. The third-order valence-electron chi connectivity index (χ3n) is 4.74. The number of amides is 1. The fourth-order valence-electron chi connectivity index (χ4n) is 3.24. The standard InChI is InChI=1S/C22H17BF3NO2S/c23-16-4-8-18(9-5-16)29-19-10-6-17(7-11-19)27-20(28)13-30-21(27)14-2-1-3-15(12-14)22(24,25)26/h1-12,21H,13,23H2. The van der Waals surface area contributed by atoms with E-state index in [1.54, 1.807) is 30.3 Å². The van der Waals surface area contributed by atoms with E-state index in [-0.39, 0.29) is 11.7 Å². The largest absolute Gasteiger partial charge is 0.457 e. The Balaban J connectivity index is 1.57. The quantitative estimate of drug-likeness (QED) is 0.573. The van der Waals surface area contributed by atoms with Gasteiger partial charge in [-0.15, -0.1) is 11.8 Å². The molecular formula is C22H17BF3NO2S. The van der Waals surface area contributed by atoms with Gasteiger partial charge in [-0.2, -0.15) is 13.2 Å². The molecule has 30 heavy (non-hydrogen) atoms. The number of alkyl halides is 3. The molecule has 0 saturated carbocycles. The third-order valence-corrected chi connectivity index (χ3v) is 5.95. The van der Waals surface area contributed by atoms with Gasteiger partial charge < -0.3 is 4.74 Å². The first-order valence-corrected chi connectivity index (χ1v) is 10.3. The van der Waals surface area contributed by atoms with Gasteiger partial charge in [0.05, 0.1) is 11.3 Å². The summed E-state index contributed by atoms with van der Waals surface area (Å²) in [5.74, 6) is 1.37. The molecule has 0 bridgehead atoms. The number of nitrogens with zero attached hydrogens (tertiary/aromatic N) is 1. The first-order valence-electron chi connectivity index (χ1n) is 9.27. The van der Waals surface area contributed by atoms with Gasteiger partial charge >= 0.3 is 6.18 Å². The molecule has 1 atom stereocenters. The van der Waals surface area contributed by atoms with Gasteiger partial charge in [-0.3, -0.25) is 9.69 Å². The first kappa shape index (κ1) is 20.4. The number of rotatable bonds is 4. The summed E-state index contributed by atoms with van der Waals surface area (Å²) in [6, 6.07) is 19.7. The van der Waals surface area contributed by atoms with E-state index in [2.05, 4.69) is 0 Å². The Kier molecular flexibility index (Phi) is 5.51. The molecule has 1 heterocycles. The van der Waals surface area contributed by atoms with Crippen LogP contribution >= 0.6 is 11.8 Å². The summed E-state index contributed by atoms with van der Waals surface area (Å²) in [7, 11) is 1.99. The highest BCUT2D eigenvalue weighted by Crippen LogP contribution is 2.43. The average molecular weight is 427 g/mol. The maximum Gasteiger partial charge on any atom is 0.416 e. The van der Waals surface area contributed by atoms with Gasteiger partial charge in [0.15, 0.2) is 0 Å². The van der Waals surface area contributed by atoms with Crippen LogP contribution in [-0.4, -0.2) is 19.5 Å². The maximum absolute atomic E-state index is 13.1. The number of halogens is 3. The minimum absolute atomic E-state index is 0.144. The molecule has 4 rings (SSSR count). The molecule has 0 aliphatic carbocycles. The SMILES string of the molecule is Bc1ccc(Oc2ccc(N3C(=O)CSC3c3cccc(C(F)(F)F)c3)cc2)cc1. The van der Waals surface area contributed by atoms with Crippen molar-refractivity contribution in [2.24, 2.45) is 0 Å². The number of carbonyl (C=O) groups excluding carboxylic acids is 1. The lowest BCUT2D eigenvalue weighted by Gasteiger charge is -2.25. The molecule has 1 unspecified atom stereocenters. The lowest BCUT2D eigenvalue weighted by atomic mass is 9.97. The molecule has 1 aliphatic rings. The fourth-order valence-corrected chi connectivity index (χ4v) is 4.40. The van der Waals surface area contributed by atoms with E-state index in [4.69, 9.17) is 4.74 Å². The predicted molar refractivity (Wildman–Crippen MR) is 115 cm³/mol. The highest BCUT2D eigenvalue weighted by atomic mass is 32.2. The van der Waals surface area contributed by atoms with Crippen molar-refractivity contribution in [2.75, 3.05) is 10.7 Å². The van der Waals surface area contributed by atoms with Gasteiger partial charge in [-0.1, -0.05) is 29.7 Å². The van der Waals surface area contributed by atoms with Crippen LogP contribution in [0.2, 0.25) is 0 Å². The fraction of sp³-hybridized carbons (Fsp3) is 0.136. The lowest BCUT2D eigenvalue weighted by molar-refractivity contribution is -0.137. The van der Waals surface area contributed by atoms with Crippen molar-refractivity contribution >= 4 is 36.7 Å². The molecule has 0 aromatic heterocycles. The number of thioether (sulfide) groups is 1. The molecule has 0 N–H and O–H groups in total.